The van der Waals surface area contributed by atoms with E-state index in [0.29, 0.717) is 11.4 Å². The van der Waals surface area contributed by atoms with Crippen LogP contribution in [0, 0.1) is 0 Å². The molecule has 1 aliphatic rings. The summed E-state index contributed by atoms with van der Waals surface area (Å²) in [6.45, 7) is 2.35. The minimum atomic E-state index is -0.857. The fraction of sp³-hybridized carbons (Fsp3) is 0.208. The lowest BCUT2D eigenvalue weighted by Gasteiger charge is -2.21. The number of hydrogen-bond donors (Lipinski definition) is 1. The van der Waals surface area contributed by atoms with Gasteiger partial charge >= 0.3 is 6.03 Å². The van der Waals surface area contributed by atoms with Crippen LogP contribution in [-0.4, -0.2) is 28.8 Å². The molecule has 158 valence electrons. The molecular formula is C24H23N3O3S. The average molecular weight is 434 g/mol. The number of amides is 4. The molecule has 0 aliphatic carbocycles. The van der Waals surface area contributed by atoms with Gasteiger partial charge in [0.25, 0.3) is 5.91 Å². The third-order valence-corrected chi connectivity index (χ3v) is 6.13. The molecule has 4 rings (SSSR count). The fourth-order valence-electron chi connectivity index (χ4n) is 3.61. The molecule has 3 aromatic rings. The van der Waals surface area contributed by atoms with E-state index >= 15 is 0 Å². The smallest absolute Gasteiger partial charge is 0.326 e. The Morgan fingerprint density at radius 3 is 2.39 bits per heavy atom. The molecule has 0 saturated carbocycles. The molecule has 1 N–H and O–H groups in total. The molecule has 0 radical (unpaired) electrons. The first-order valence-corrected chi connectivity index (χ1v) is 11.1. The maximum atomic E-state index is 13.2. The standard InChI is InChI=1S/C24H23N3O3S/c1-2-17-10-12-18(13-11-17)25-22(28)15-21-23(29)27(19-7-4-3-5-8-19)24(30)26(21)16-20-9-6-14-31-20/h3-14,21H,2,15-16H2,1H3,(H,25,28)/t21-/m0/s1. The molecule has 0 unspecified atom stereocenters. The van der Waals surface area contributed by atoms with Crippen LogP contribution in [0.3, 0.4) is 0 Å². The van der Waals surface area contributed by atoms with Crippen molar-refractivity contribution < 1.29 is 14.4 Å². The number of rotatable bonds is 7. The van der Waals surface area contributed by atoms with Crippen molar-refractivity contribution in [1.82, 2.24) is 4.90 Å². The normalized spacial score (nSPS) is 16.1. The van der Waals surface area contributed by atoms with Crippen LogP contribution in [0.2, 0.25) is 0 Å². The minimum Gasteiger partial charge on any atom is -0.326 e. The zero-order valence-electron chi connectivity index (χ0n) is 17.2. The summed E-state index contributed by atoms with van der Waals surface area (Å²) < 4.78 is 0. The third kappa shape index (κ3) is 4.51. The van der Waals surface area contributed by atoms with Gasteiger partial charge in [-0.3, -0.25) is 9.59 Å². The number of benzene rings is 2. The molecule has 2 aromatic carbocycles. The number of carbonyl (C=O) groups excluding carboxylic acids is 3. The summed E-state index contributed by atoms with van der Waals surface area (Å²) >= 11 is 1.51. The van der Waals surface area contributed by atoms with Crippen molar-refractivity contribution in [2.75, 3.05) is 10.2 Å². The maximum absolute atomic E-state index is 13.2. The van der Waals surface area contributed by atoms with E-state index in [1.165, 1.54) is 26.7 Å². The minimum absolute atomic E-state index is 0.102. The molecule has 1 fully saturated rings. The zero-order chi connectivity index (χ0) is 21.8. The Labute approximate surface area is 185 Å². The zero-order valence-corrected chi connectivity index (χ0v) is 18.0. The number of carbonyl (C=O) groups is 3. The average Bonchev–Trinajstić information content (AvgIpc) is 3.37. The van der Waals surface area contributed by atoms with Crippen LogP contribution in [0.15, 0.2) is 72.1 Å². The molecular weight excluding hydrogens is 410 g/mol. The first-order chi connectivity index (χ1) is 15.1. The Morgan fingerprint density at radius 1 is 1.00 bits per heavy atom. The Kier molecular flexibility index (Phi) is 6.13. The molecule has 1 aliphatic heterocycles. The molecule has 1 atom stereocenters. The second-order valence-corrected chi connectivity index (χ2v) is 8.35. The Balaban J connectivity index is 1.55. The van der Waals surface area contributed by atoms with Crippen molar-refractivity contribution in [3.8, 4) is 0 Å². The van der Waals surface area contributed by atoms with Gasteiger partial charge in [-0.25, -0.2) is 9.69 Å². The lowest BCUT2D eigenvalue weighted by atomic mass is 10.1. The number of anilines is 2. The van der Waals surface area contributed by atoms with Crippen molar-refractivity contribution in [3.63, 3.8) is 0 Å². The topological polar surface area (TPSA) is 69.7 Å². The number of thiophene rings is 1. The van der Waals surface area contributed by atoms with Gasteiger partial charge in [-0.2, -0.15) is 0 Å². The second-order valence-electron chi connectivity index (χ2n) is 7.32. The van der Waals surface area contributed by atoms with E-state index in [2.05, 4.69) is 12.2 Å². The number of hydrogen-bond acceptors (Lipinski definition) is 4. The van der Waals surface area contributed by atoms with Gasteiger partial charge in [0.1, 0.15) is 6.04 Å². The van der Waals surface area contributed by atoms with E-state index in [4.69, 9.17) is 0 Å². The highest BCUT2D eigenvalue weighted by Crippen LogP contribution is 2.29. The number of para-hydroxylation sites is 1. The summed E-state index contributed by atoms with van der Waals surface area (Å²) in [4.78, 5) is 42.7. The Morgan fingerprint density at radius 2 is 1.74 bits per heavy atom. The van der Waals surface area contributed by atoms with Gasteiger partial charge in [0, 0.05) is 10.6 Å². The number of nitrogens with zero attached hydrogens (tertiary/aromatic N) is 2. The van der Waals surface area contributed by atoms with Crippen molar-refractivity contribution >= 4 is 40.6 Å². The molecule has 7 heteroatoms. The van der Waals surface area contributed by atoms with Crippen molar-refractivity contribution in [3.05, 3.63) is 82.6 Å². The van der Waals surface area contributed by atoms with Gasteiger partial charge in [-0.15, -0.1) is 11.3 Å². The van der Waals surface area contributed by atoms with Crippen LogP contribution in [0.4, 0.5) is 16.2 Å². The van der Waals surface area contributed by atoms with E-state index in [1.807, 2.05) is 47.8 Å². The molecule has 0 bridgehead atoms. The molecule has 2 heterocycles. The predicted molar refractivity (Wildman–Crippen MR) is 122 cm³/mol. The number of urea groups is 1. The quantitative estimate of drug-likeness (QED) is 0.550. The monoisotopic (exact) mass is 433 g/mol. The van der Waals surface area contributed by atoms with Gasteiger partial charge in [-0.05, 0) is 47.7 Å². The summed E-state index contributed by atoms with van der Waals surface area (Å²) in [5, 5.41) is 4.77. The van der Waals surface area contributed by atoms with E-state index in [0.717, 1.165) is 11.3 Å². The number of nitrogens with one attached hydrogen (secondary N) is 1. The van der Waals surface area contributed by atoms with Crippen LogP contribution >= 0.6 is 11.3 Å². The molecule has 4 amide bonds. The van der Waals surface area contributed by atoms with Crippen LogP contribution in [0.5, 0.6) is 0 Å². The predicted octanol–water partition coefficient (Wildman–Crippen LogP) is 4.68. The van der Waals surface area contributed by atoms with Crippen molar-refractivity contribution in [2.24, 2.45) is 0 Å². The molecule has 31 heavy (non-hydrogen) atoms. The largest absolute Gasteiger partial charge is 0.332 e. The van der Waals surface area contributed by atoms with Gasteiger partial charge in [0.15, 0.2) is 0 Å². The summed E-state index contributed by atoms with van der Waals surface area (Å²) in [6, 6.07) is 19.0. The third-order valence-electron chi connectivity index (χ3n) is 5.26. The molecule has 1 aromatic heterocycles. The summed E-state index contributed by atoms with van der Waals surface area (Å²) in [5.74, 6) is -0.689. The second kappa shape index (κ2) is 9.14. The highest BCUT2D eigenvalue weighted by atomic mass is 32.1. The Bertz CT molecular complexity index is 1070. The van der Waals surface area contributed by atoms with Crippen molar-refractivity contribution in [2.45, 2.75) is 32.4 Å². The summed E-state index contributed by atoms with van der Waals surface area (Å²) in [7, 11) is 0. The van der Waals surface area contributed by atoms with E-state index in [-0.39, 0.29) is 24.8 Å². The van der Waals surface area contributed by atoms with Crippen LogP contribution < -0.4 is 10.2 Å². The van der Waals surface area contributed by atoms with Gasteiger partial charge < -0.3 is 10.2 Å². The molecule has 0 spiro atoms. The lowest BCUT2D eigenvalue weighted by Crippen LogP contribution is -2.37. The molecule has 1 saturated heterocycles. The highest BCUT2D eigenvalue weighted by Gasteiger charge is 2.46. The fourth-order valence-corrected chi connectivity index (χ4v) is 4.31. The van der Waals surface area contributed by atoms with Gasteiger partial charge in [0.2, 0.25) is 5.91 Å². The van der Waals surface area contributed by atoms with Crippen LogP contribution in [-0.2, 0) is 22.6 Å². The maximum Gasteiger partial charge on any atom is 0.332 e. The first-order valence-electron chi connectivity index (χ1n) is 10.2. The summed E-state index contributed by atoms with van der Waals surface area (Å²) in [5.41, 5.74) is 2.35. The lowest BCUT2D eigenvalue weighted by molar-refractivity contribution is -0.124. The van der Waals surface area contributed by atoms with E-state index in [9.17, 15) is 14.4 Å². The summed E-state index contributed by atoms with van der Waals surface area (Å²) in [6.07, 6.45) is 0.814. The SMILES string of the molecule is CCc1ccc(NC(=O)C[C@H]2C(=O)N(c3ccccc3)C(=O)N2Cc2cccs2)cc1. The molecule has 6 nitrogen and oxygen atoms in total. The van der Waals surface area contributed by atoms with E-state index in [1.54, 1.807) is 24.3 Å². The van der Waals surface area contributed by atoms with Crippen LogP contribution in [0.1, 0.15) is 23.8 Å². The first kappa shape index (κ1) is 20.8. The van der Waals surface area contributed by atoms with E-state index < -0.39 is 12.1 Å². The van der Waals surface area contributed by atoms with Crippen LogP contribution in [0.25, 0.3) is 0 Å². The Hall–Kier alpha value is -3.45. The number of imide groups is 1. The van der Waals surface area contributed by atoms with Gasteiger partial charge in [-0.1, -0.05) is 43.3 Å². The highest BCUT2D eigenvalue weighted by molar-refractivity contribution is 7.09. The number of aryl methyl sites for hydroxylation is 1. The van der Waals surface area contributed by atoms with Crippen molar-refractivity contribution in [1.29, 1.82) is 0 Å². The van der Waals surface area contributed by atoms with Gasteiger partial charge in [0.05, 0.1) is 18.7 Å².